The molecule has 0 saturated heterocycles. The summed E-state index contributed by atoms with van der Waals surface area (Å²) in [6.07, 6.45) is 3.62. The van der Waals surface area contributed by atoms with Gasteiger partial charge in [-0.1, -0.05) is 18.2 Å². The van der Waals surface area contributed by atoms with Crippen LogP contribution >= 0.6 is 0 Å². The molecule has 3 heterocycles. The number of urea groups is 1. The molecule has 7 nitrogen and oxygen atoms in total. The number of benzene rings is 1. The number of aromatic nitrogens is 3. The Hall–Kier alpha value is -3.35. The van der Waals surface area contributed by atoms with E-state index in [2.05, 4.69) is 15.4 Å². The van der Waals surface area contributed by atoms with Gasteiger partial charge in [0, 0.05) is 24.5 Å². The van der Waals surface area contributed by atoms with Crippen LogP contribution in [0.3, 0.4) is 0 Å². The summed E-state index contributed by atoms with van der Waals surface area (Å²) < 4.78 is 7.36. The monoisotopic (exact) mass is 335 g/mol. The third-order valence-corrected chi connectivity index (χ3v) is 3.94. The van der Waals surface area contributed by atoms with Crippen molar-refractivity contribution in [2.24, 2.45) is 7.05 Å². The van der Waals surface area contributed by atoms with Gasteiger partial charge in [0.05, 0.1) is 18.4 Å². The molecule has 3 aromatic rings. The molecule has 0 saturated carbocycles. The first-order valence-electron chi connectivity index (χ1n) is 7.97. The molecular weight excluding hydrogens is 318 g/mol. The summed E-state index contributed by atoms with van der Waals surface area (Å²) in [4.78, 5) is 18.9. The summed E-state index contributed by atoms with van der Waals surface area (Å²) in [6, 6.07) is 12.8. The lowest BCUT2D eigenvalue weighted by molar-refractivity contribution is 0.249. The Morgan fingerprint density at radius 2 is 2.04 bits per heavy atom. The molecule has 1 aliphatic heterocycles. The number of rotatable bonds is 2. The minimum atomic E-state index is -0.230. The average Bonchev–Trinajstić information content (AvgIpc) is 3.08. The number of hydrogen-bond acceptors (Lipinski definition) is 4. The van der Waals surface area contributed by atoms with Crippen LogP contribution in [0.5, 0.6) is 5.75 Å². The average molecular weight is 335 g/mol. The van der Waals surface area contributed by atoms with Crippen LogP contribution in [0.25, 0.3) is 11.3 Å². The van der Waals surface area contributed by atoms with E-state index >= 15 is 0 Å². The zero-order chi connectivity index (χ0) is 17.2. The number of aryl methyl sites for hydroxylation is 1. The van der Waals surface area contributed by atoms with Gasteiger partial charge in [0.1, 0.15) is 6.61 Å². The number of para-hydroxylation sites is 1. The maximum atomic E-state index is 12.7. The van der Waals surface area contributed by atoms with Crippen LogP contribution in [0.1, 0.15) is 0 Å². The normalized spacial score (nSPS) is 13.1. The summed E-state index contributed by atoms with van der Waals surface area (Å²) in [7, 11) is 1.85. The van der Waals surface area contributed by atoms with Crippen LogP contribution in [-0.4, -0.2) is 33.9 Å². The number of carbonyl (C=O) groups is 1. The van der Waals surface area contributed by atoms with E-state index in [1.807, 2.05) is 55.7 Å². The zero-order valence-corrected chi connectivity index (χ0v) is 13.7. The molecule has 0 spiro atoms. The first-order chi connectivity index (χ1) is 12.2. The van der Waals surface area contributed by atoms with E-state index in [0.717, 1.165) is 16.9 Å². The topological polar surface area (TPSA) is 72.3 Å². The van der Waals surface area contributed by atoms with Gasteiger partial charge in [-0.05, 0) is 24.3 Å². The quantitative estimate of drug-likeness (QED) is 0.781. The second-order valence-corrected chi connectivity index (χ2v) is 5.72. The first kappa shape index (κ1) is 15.2. The summed E-state index contributed by atoms with van der Waals surface area (Å²) in [6.45, 7) is 0.873. The number of ether oxygens (including phenoxy) is 1. The predicted molar refractivity (Wildman–Crippen MR) is 94.7 cm³/mol. The van der Waals surface area contributed by atoms with Crippen LogP contribution in [0, 0.1) is 0 Å². The molecule has 0 radical (unpaired) electrons. The van der Waals surface area contributed by atoms with E-state index in [9.17, 15) is 4.79 Å². The van der Waals surface area contributed by atoms with Gasteiger partial charge in [0.15, 0.2) is 11.6 Å². The molecule has 1 aromatic carbocycles. The molecule has 126 valence electrons. The molecule has 2 aromatic heterocycles. The predicted octanol–water partition coefficient (Wildman–Crippen LogP) is 2.91. The zero-order valence-electron chi connectivity index (χ0n) is 13.7. The molecule has 4 rings (SSSR count). The fourth-order valence-corrected chi connectivity index (χ4v) is 2.72. The van der Waals surface area contributed by atoms with Crippen LogP contribution < -0.4 is 15.0 Å². The molecule has 7 heteroatoms. The van der Waals surface area contributed by atoms with Crippen molar-refractivity contribution in [2.75, 3.05) is 23.4 Å². The lowest BCUT2D eigenvalue weighted by Gasteiger charge is -2.28. The van der Waals surface area contributed by atoms with Crippen LogP contribution in [0.2, 0.25) is 0 Å². The van der Waals surface area contributed by atoms with Crippen molar-refractivity contribution in [2.45, 2.75) is 0 Å². The lowest BCUT2D eigenvalue weighted by Crippen LogP contribution is -2.41. The number of hydrogen-bond donors (Lipinski definition) is 1. The van der Waals surface area contributed by atoms with E-state index in [0.29, 0.717) is 24.7 Å². The van der Waals surface area contributed by atoms with Crippen molar-refractivity contribution >= 4 is 17.5 Å². The molecule has 25 heavy (non-hydrogen) atoms. The molecule has 0 aliphatic carbocycles. The van der Waals surface area contributed by atoms with Gasteiger partial charge in [-0.3, -0.25) is 9.58 Å². The van der Waals surface area contributed by atoms with Crippen LogP contribution in [-0.2, 0) is 7.05 Å². The number of fused-ring (bicyclic) bond motifs is 1. The maximum absolute atomic E-state index is 12.7. The Bertz CT molecular complexity index is 907. The summed E-state index contributed by atoms with van der Waals surface area (Å²) >= 11 is 0. The standard InChI is InChI=1S/C18H17N5O2/c1-22-12-13(11-19-22)15-7-8-16-17(21-15)23(9-10-25-16)18(24)20-14-5-3-2-4-6-14/h2-8,11-12H,9-10H2,1H3,(H,20,24). The van der Waals surface area contributed by atoms with Gasteiger partial charge in [0.2, 0.25) is 0 Å². The number of pyridine rings is 1. The summed E-state index contributed by atoms with van der Waals surface area (Å²) in [5.41, 5.74) is 2.37. The third kappa shape index (κ3) is 3.03. The Balaban J connectivity index is 1.65. The fraction of sp³-hybridized carbons (Fsp3) is 0.167. The molecule has 0 bridgehead atoms. The number of amides is 2. The molecular formula is C18H17N5O2. The van der Waals surface area contributed by atoms with Gasteiger partial charge in [-0.15, -0.1) is 0 Å². The van der Waals surface area contributed by atoms with Gasteiger partial charge in [-0.2, -0.15) is 5.10 Å². The van der Waals surface area contributed by atoms with Crippen LogP contribution in [0.15, 0.2) is 54.9 Å². The van der Waals surface area contributed by atoms with Crippen molar-refractivity contribution in [3.63, 3.8) is 0 Å². The fourth-order valence-electron chi connectivity index (χ4n) is 2.72. The Morgan fingerprint density at radius 3 is 2.80 bits per heavy atom. The van der Waals surface area contributed by atoms with E-state index in [-0.39, 0.29) is 6.03 Å². The minimum absolute atomic E-state index is 0.230. The molecule has 1 aliphatic rings. The molecule has 1 N–H and O–H groups in total. The van der Waals surface area contributed by atoms with E-state index < -0.39 is 0 Å². The SMILES string of the molecule is Cn1cc(-c2ccc3c(n2)N(C(=O)Nc2ccccc2)CCO3)cn1. The van der Waals surface area contributed by atoms with Crippen molar-refractivity contribution < 1.29 is 9.53 Å². The molecule has 2 amide bonds. The smallest absolute Gasteiger partial charge is 0.327 e. The van der Waals surface area contributed by atoms with E-state index in [1.165, 1.54) is 0 Å². The van der Waals surface area contributed by atoms with E-state index in [1.54, 1.807) is 15.8 Å². The minimum Gasteiger partial charge on any atom is -0.488 e. The van der Waals surface area contributed by atoms with Crippen molar-refractivity contribution in [1.82, 2.24) is 14.8 Å². The van der Waals surface area contributed by atoms with Crippen molar-refractivity contribution in [3.8, 4) is 17.0 Å². The van der Waals surface area contributed by atoms with Gasteiger partial charge < -0.3 is 10.1 Å². The summed E-state index contributed by atoms with van der Waals surface area (Å²) in [5, 5.41) is 7.06. The van der Waals surface area contributed by atoms with Crippen molar-refractivity contribution in [1.29, 1.82) is 0 Å². The highest BCUT2D eigenvalue weighted by Crippen LogP contribution is 2.32. The first-order valence-corrected chi connectivity index (χ1v) is 7.97. The second-order valence-electron chi connectivity index (χ2n) is 5.72. The molecule has 0 atom stereocenters. The Kier molecular flexibility index (Phi) is 3.81. The Labute approximate surface area is 144 Å². The molecule has 0 unspecified atom stereocenters. The highest BCUT2D eigenvalue weighted by atomic mass is 16.5. The highest BCUT2D eigenvalue weighted by Gasteiger charge is 2.26. The third-order valence-electron chi connectivity index (χ3n) is 3.94. The summed E-state index contributed by atoms with van der Waals surface area (Å²) in [5.74, 6) is 1.11. The number of carbonyl (C=O) groups excluding carboxylic acids is 1. The number of anilines is 2. The largest absolute Gasteiger partial charge is 0.488 e. The highest BCUT2D eigenvalue weighted by molar-refractivity contribution is 6.02. The lowest BCUT2D eigenvalue weighted by atomic mass is 10.2. The van der Waals surface area contributed by atoms with Gasteiger partial charge in [-0.25, -0.2) is 9.78 Å². The van der Waals surface area contributed by atoms with E-state index in [4.69, 9.17) is 4.74 Å². The molecule has 0 fully saturated rings. The van der Waals surface area contributed by atoms with Gasteiger partial charge >= 0.3 is 6.03 Å². The Morgan fingerprint density at radius 1 is 1.20 bits per heavy atom. The number of nitrogens with one attached hydrogen (secondary N) is 1. The van der Waals surface area contributed by atoms with Gasteiger partial charge in [0.25, 0.3) is 0 Å². The van der Waals surface area contributed by atoms with Crippen LogP contribution in [0.4, 0.5) is 16.3 Å². The maximum Gasteiger partial charge on any atom is 0.327 e. The second kappa shape index (κ2) is 6.27. The van der Waals surface area contributed by atoms with Crippen molar-refractivity contribution in [3.05, 3.63) is 54.9 Å². The number of nitrogens with zero attached hydrogens (tertiary/aromatic N) is 4.